The summed E-state index contributed by atoms with van der Waals surface area (Å²) in [6.45, 7) is 1.18. The molecule has 0 aromatic rings. The van der Waals surface area contributed by atoms with Gasteiger partial charge in [-0.3, -0.25) is 0 Å². The molecular formula is C7H11NS3. The Morgan fingerprint density at radius 3 is 2.82 bits per heavy atom. The van der Waals surface area contributed by atoms with Crippen LogP contribution in [-0.4, -0.2) is 17.8 Å². The van der Waals surface area contributed by atoms with E-state index in [9.17, 15) is 0 Å². The van der Waals surface area contributed by atoms with E-state index in [-0.39, 0.29) is 0 Å². The van der Waals surface area contributed by atoms with Crippen molar-refractivity contribution in [2.24, 2.45) is 5.92 Å². The van der Waals surface area contributed by atoms with Crippen LogP contribution in [0.1, 0.15) is 6.42 Å². The maximum atomic E-state index is 4.15. The van der Waals surface area contributed by atoms with Gasteiger partial charge in [0.25, 0.3) is 0 Å². The van der Waals surface area contributed by atoms with Crippen molar-refractivity contribution < 1.29 is 0 Å². The zero-order valence-electron chi connectivity index (χ0n) is 6.06. The molecule has 3 atom stereocenters. The highest BCUT2D eigenvalue weighted by Crippen LogP contribution is 2.39. The first kappa shape index (κ1) is 8.35. The van der Waals surface area contributed by atoms with Gasteiger partial charge in [0, 0.05) is 17.8 Å². The van der Waals surface area contributed by atoms with Gasteiger partial charge < -0.3 is 5.32 Å². The maximum absolute atomic E-state index is 4.15. The van der Waals surface area contributed by atoms with E-state index in [1.54, 1.807) is 9.83 Å². The van der Waals surface area contributed by atoms with Crippen molar-refractivity contribution in [2.75, 3.05) is 6.54 Å². The fourth-order valence-electron chi connectivity index (χ4n) is 1.72. The maximum Gasteiger partial charge on any atom is 0.0379 e. The first-order valence-electron chi connectivity index (χ1n) is 3.79. The molecule has 3 unspecified atom stereocenters. The Hall–Kier alpha value is 0.750. The molecule has 4 heteroatoms. The summed E-state index contributed by atoms with van der Waals surface area (Å²) in [5.74, 6) is 0.776. The van der Waals surface area contributed by atoms with Crippen LogP contribution in [0.4, 0.5) is 0 Å². The van der Waals surface area contributed by atoms with Crippen molar-refractivity contribution in [2.45, 2.75) is 17.7 Å². The number of hydrogen-bond donors (Lipinski definition) is 2. The number of thiol groups is 1. The van der Waals surface area contributed by atoms with Gasteiger partial charge in [-0.05, 0) is 22.2 Å². The molecule has 1 aliphatic carbocycles. The second-order valence-corrected chi connectivity index (χ2v) is 6.34. The molecule has 1 N–H and O–H groups in total. The lowest BCUT2D eigenvalue weighted by Gasteiger charge is -2.37. The highest BCUT2D eigenvalue weighted by atomic mass is 33.5. The summed E-state index contributed by atoms with van der Waals surface area (Å²) in [7, 11) is 3.47. The average molecular weight is 205 g/mol. The van der Waals surface area contributed by atoms with E-state index in [4.69, 9.17) is 0 Å². The van der Waals surface area contributed by atoms with Crippen molar-refractivity contribution in [3.63, 3.8) is 0 Å². The highest BCUT2D eigenvalue weighted by molar-refractivity contribution is 9.05. The molecule has 1 fully saturated rings. The number of fused-ring (bicyclic) bond motifs is 2. The van der Waals surface area contributed by atoms with Crippen molar-refractivity contribution in [1.82, 2.24) is 5.32 Å². The molecule has 2 aliphatic heterocycles. The number of hydrogen-bond acceptors (Lipinski definition) is 4. The molecule has 0 radical (unpaired) electrons. The van der Waals surface area contributed by atoms with Gasteiger partial charge in [0.15, 0.2) is 0 Å². The van der Waals surface area contributed by atoms with Crippen LogP contribution in [0, 0.1) is 5.92 Å². The van der Waals surface area contributed by atoms with Gasteiger partial charge in [0.1, 0.15) is 0 Å². The SMILES string of the molecule is SSSC1CC2C=CC1NC2. The highest BCUT2D eigenvalue weighted by Gasteiger charge is 2.31. The van der Waals surface area contributed by atoms with E-state index < -0.39 is 0 Å². The van der Waals surface area contributed by atoms with E-state index in [1.165, 1.54) is 13.0 Å². The van der Waals surface area contributed by atoms with E-state index in [1.807, 2.05) is 10.8 Å². The topological polar surface area (TPSA) is 12.0 Å². The van der Waals surface area contributed by atoms with Crippen LogP contribution in [0.15, 0.2) is 12.2 Å². The second kappa shape index (κ2) is 3.64. The van der Waals surface area contributed by atoms with Crippen LogP contribution < -0.4 is 5.32 Å². The summed E-state index contributed by atoms with van der Waals surface area (Å²) in [6, 6.07) is 0.602. The molecule has 3 aliphatic rings. The van der Waals surface area contributed by atoms with Crippen molar-refractivity contribution in [1.29, 1.82) is 0 Å². The third-order valence-corrected chi connectivity index (χ3v) is 4.90. The zero-order chi connectivity index (χ0) is 7.68. The standard InChI is InChI=1S/C7H11NS3/c9-11-10-7-3-5-1-2-6(7)8-4-5/h1-2,5-9H,3-4H2. The zero-order valence-corrected chi connectivity index (χ0v) is 8.59. The Morgan fingerprint density at radius 2 is 2.36 bits per heavy atom. The number of piperidine rings is 1. The molecule has 0 aromatic heterocycles. The Labute approximate surface area is 80.0 Å². The van der Waals surface area contributed by atoms with Gasteiger partial charge in [-0.15, -0.1) is 0 Å². The molecule has 0 amide bonds. The van der Waals surface area contributed by atoms with Gasteiger partial charge in [-0.1, -0.05) is 34.6 Å². The first-order valence-corrected chi connectivity index (χ1v) is 7.05. The molecular weight excluding hydrogens is 194 g/mol. The normalized spacial score (nSPS) is 41.4. The average Bonchev–Trinajstić information content (AvgIpc) is 2.07. The molecule has 2 bridgehead atoms. The van der Waals surface area contributed by atoms with Gasteiger partial charge >= 0.3 is 0 Å². The van der Waals surface area contributed by atoms with E-state index in [2.05, 4.69) is 29.1 Å². The van der Waals surface area contributed by atoms with Crippen LogP contribution in [0.3, 0.4) is 0 Å². The fraction of sp³-hybridized carbons (Fsp3) is 0.714. The molecule has 0 aromatic carbocycles. The second-order valence-electron chi connectivity index (χ2n) is 3.02. The minimum atomic E-state index is 0.602. The third-order valence-electron chi connectivity index (χ3n) is 2.31. The predicted molar refractivity (Wildman–Crippen MR) is 57.0 cm³/mol. The molecule has 2 heterocycles. The van der Waals surface area contributed by atoms with Crippen molar-refractivity contribution >= 4 is 32.3 Å². The molecule has 1 saturated heterocycles. The van der Waals surface area contributed by atoms with E-state index in [0.29, 0.717) is 6.04 Å². The summed E-state index contributed by atoms with van der Waals surface area (Å²) in [6.07, 6.45) is 5.98. The van der Waals surface area contributed by atoms with Crippen LogP contribution in [0.5, 0.6) is 0 Å². The Kier molecular flexibility index (Phi) is 2.77. The Morgan fingerprint density at radius 1 is 1.45 bits per heavy atom. The predicted octanol–water partition coefficient (Wildman–Crippen LogP) is 2.13. The van der Waals surface area contributed by atoms with Crippen LogP contribution in [0.25, 0.3) is 0 Å². The lowest BCUT2D eigenvalue weighted by atomic mass is 9.88. The van der Waals surface area contributed by atoms with Crippen molar-refractivity contribution in [3.8, 4) is 0 Å². The molecule has 62 valence electrons. The molecule has 1 nitrogen and oxygen atoms in total. The van der Waals surface area contributed by atoms with Gasteiger partial charge in [-0.2, -0.15) is 0 Å². The molecule has 11 heavy (non-hydrogen) atoms. The number of rotatable bonds is 2. The van der Waals surface area contributed by atoms with Crippen molar-refractivity contribution in [3.05, 3.63) is 12.2 Å². The lowest BCUT2D eigenvalue weighted by Crippen LogP contribution is -2.48. The van der Waals surface area contributed by atoms with Crippen LogP contribution in [-0.2, 0) is 0 Å². The van der Waals surface area contributed by atoms with E-state index in [0.717, 1.165) is 11.2 Å². The summed E-state index contributed by atoms with van der Waals surface area (Å²) in [4.78, 5) is 0. The number of nitrogens with one attached hydrogen (secondary N) is 1. The Balaban J connectivity index is 2.00. The minimum Gasteiger partial charge on any atom is -0.309 e. The third kappa shape index (κ3) is 1.74. The van der Waals surface area contributed by atoms with Gasteiger partial charge in [0.05, 0.1) is 0 Å². The first-order chi connectivity index (χ1) is 5.40. The van der Waals surface area contributed by atoms with E-state index >= 15 is 0 Å². The van der Waals surface area contributed by atoms with Gasteiger partial charge in [-0.25, -0.2) is 0 Å². The fourth-order valence-corrected chi connectivity index (χ4v) is 4.38. The van der Waals surface area contributed by atoms with Gasteiger partial charge in [0.2, 0.25) is 0 Å². The largest absolute Gasteiger partial charge is 0.309 e. The smallest absolute Gasteiger partial charge is 0.0379 e. The summed E-state index contributed by atoms with van der Waals surface area (Å²) in [5, 5.41) is 4.24. The molecule has 3 rings (SSSR count). The lowest BCUT2D eigenvalue weighted by molar-refractivity contribution is 0.374. The molecule has 0 spiro atoms. The summed E-state index contributed by atoms with van der Waals surface area (Å²) < 4.78 is 0. The monoisotopic (exact) mass is 205 g/mol. The molecule has 0 saturated carbocycles. The Bertz CT molecular complexity index is 171. The minimum absolute atomic E-state index is 0.602. The quantitative estimate of drug-likeness (QED) is 0.407. The van der Waals surface area contributed by atoms with Crippen LogP contribution in [0.2, 0.25) is 0 Å². The van der Waals surface area contributed by atoms with Crippen LogP contribution >= 0.6 is 32.3 Å². The summed E-state index contributed by atoms with van der Waals surface area (Å²) in [5.41, 5.74) is 0. The summed E-state index contributed by atoms with van der Waals surface area (Å²) >= 11 is 4.15.